The monoisotopic (exact) mass is 187 g/mol. The molecule has 74 valence electrons. The minimum atomic E-state index is -0.564. The van der Waals surface area contributed by atoms with Gasteiger partial charge >= 0.3 is 11.9 Å². The molecule has 1 N–H and O–H groups in total. The molecule has 0 bridgehead atoms. The molecule has 0 rings (SSSR count). The maximum Gasteiger partial charge on any atom is 0.353 e. The lowest BCUT2D eigenvalue weighted by molar-refractivity contribution is -0.140. The third-order valence-corrected chi connectivity index (χ3v) is 1.20. The normalized spacial score (nSPS) is 8.77. The predicted molar refractivity (Wildman–Crippen MR) is 45.8 cm³/mol. The molecule has 0 unspecified atom stereocenters. The fraction of sp³-hybridized carbons (Fsp3) is 0.500. The van der Waals surface area contributed by atoms with Gasteiger partial charge in [-0.3, -0.25) is 4.79 Å². The van der Waals surface area contributed by atoms with E-state index in [4.69, 9.17) is 0 Å². The Bertz CT molecular complexity index is 212. The molecule has 0 aliphatic heterocycles. The number of nitrogens with one attached hydrogen (secondary N) is 1. The zero-order valence-electron chi connectivity index (χ0n) is 7.75. The Morgan fingerprint density at radius 2 is 2.08 bits per heavy atom. The molecule has 0 saturated carbocycles. The summed E-state index contributed by atoms with van der Waals surface area (Å²) in [5.41, 5.74) is 0.0484. The highest BCUT2D eigenvalue weighted by molar-refractivity contribution is 5.87. The fourth-order valence-electron chi connectivity index (χ4n) is 0.541. The van der Waals surface area contributed by atoms with Crippen LogP contribution < -0.4 is 5.32 Å². The maximum absolute atomic E-state index is 10.9. The van der Waals surface area contributed by atoms with Gasteiger partial charge in [0.25, 0.3) is 0 Å². The first-order valence-electron chi connectivity index (χ1n) is 3.78. The molecule has 0 fully saturated rings. The van der Waals surface area contributed by atoms with E-state index >= 15 is 0 Å². The molecule has 0 aromatic carbocycles. The quantitative estimate of drug-likeness (QED) is 0.478. The van der Waals surface area contributed by atoms with Gasteiger partial charge in [-0.05, 0) is 6.92 Å². The molecular weight excluding hydrogens is 174 g/mol. The summed E-state index contributed by atoms with van der Waals surface area (Å²) in [5.74, 6) is -1.03. The van der Waals surface area contributed by atoms with E-state index in [1.807, 2.05) is 0 Å². The summed E-state index contributed by atoms with van der Waals surface area (Å²) in [6.07, 6.45) is 0. The molecule has 0 heterocycles. The van der Waals surface area contributed by atoms with Crippen molar-refractivity contribution in [2.24, 2.45) is 0 Å². The van der Waals surface area contributed by atoms with E-state index in [0.717, 1.165) is 0 Å². The van der Waals surface area contributed by atoms with E-state index in [0.29, 0.717) is 0 Å². The molecule has 0 spiro atoms. The number of esters is 2. The molecule has 0 aromatic rings. The topological polar surface area (TPSA) is 64.6 Å². The van der Waals surface area contributed by atoms with Gasteiger partial charge in [-0.15, -0.1) is 0 Å². The minimum Gasteiger partial charge on any atom is -0.468 e. The summed E-state index contributed by atoms with van der Waals surface area (Å²) >= 11 is 0. The lowest BCUT2D eigenvalue weighted by Crippen LogP contribution is -2.27. The van der Waals surface area contributed by atoms with Crippen LogP contribution in [-0.2, 0) is 19.1 Å². The number of carbonyl (C=O) groups excluding carboxylic acids is 2. The Balaban J connectivity index is 3.74. The average molecular weight is 187 g/mol. The molecule has 13 heavy (non-hydrogen) atoms. The minimum absolute atomic E-state index is 0.0484. The van der Waals surface area contributed by atoms with Crippen LogP contribution in [0.2, 0.25) is 0 Å². The van der Waals surface area contributed by atoms with E-state index in [1.54, 1.807) is 6.92 Å². The van der Waals surface area contributed by atoms with Gasteiger partial charge in [0.2, 0.25) is 0 Å². The van der Waals surface area contributed by atoms with E-state index in [1.165, 1.54) is 7.11 Å². The van der Waals surface area contributed by atoms with E-state index in [9.17, 15) is 9.59 Å². The van der Waals surface area contributed by atoms with Gasteiger partial charge in [-0.25, -0.2) is 4.79 Å². The third-order valence-electron chi connectivity index (χ3n) is 1.20. The van der Waals surface area contributed by atoms with E-state index in [2.05, 4.69) is 21.4 Å². The van der Waals surface area contributed by atoms with Crippen LogP contribution in [0.3, 0.4) is 0 Å². The van der Waals surface area contributed by atoms with Gasteiger partial charge in [-0.2, -0.15) is 0 Å². The van der Waals surface area contributed by atoms with Crippen molar-refractivity contribution >= 4 is 11.9 Å². The largest absolute Gasteiger partial charge is 0.468 e. The Morgan fingerprint density at radius 3 is 2.54 bits per heavy atom. The van der Waals surface area contributed by atoms with Gasteiger partial charge in [0.15, 0.2) is 0 Å². The molecule has 0 aromatic heterocycles. The van der Waals surface area contributed by atoms with Crippen molar-refractivity contribution in [3.8, 4) is 0 Å². The van der Waals surface area contributed by atoms with Crippen LogP contribution in [-0.4, -0.2) is 32.2 Å². The van der Waals surface area contributed by atoms with Gasteiger partial charge in [0.1, 0.15) is 12.2 Å². The zero-order chi connectivity index (χ0) is 10.3. The molecule has 0 radical (unpaired) electrons. The second kappa shape index (κ2) is 6.05. The molecule has 0 atom stereocenters. The van der Waals surface area contributed by atoms with Crippen molar-refractivity contribution in [3.63, 3.8) is 0 Å². The summed E-state index contributed by atoms with van der Waals surface area (Å²) in [7, 11) is 1.26. The number of methoxy groups -OCH3 is 1. The molecular formula is C8H13NO4. The Hall–Kier alpha value is -1.52. The lowest BCUT2D eigenvalue weighted by atomic mass is 10.4. The molecule has 0 aliphatic rings. The van der Waals surface area contributed by atoms with Crippen LogP contribution >= 0.6 is 0 Å². The van der Waals surface area contributed by atoms with Crippen molar-refractivity contribution in [1.29, 1.82) is 0 Å². The summed E-state index contributed by atoms with van der Waals surface area (Å²) in [5, 5.41) is 2.47. The average Bonchev–Trinajstić information content (AvgIpc) is 2.13. The van der Waals surface area contributed by atoms with Crippen molar-refractivity contribution in [2.45, 2.75) is 6.92 Å². The van der Waals surface area contributed by atoms with E-state index < -0.39 is 11.9 Å². The van der Waals surface area contributed by atoms with E-state index in [-0.39, 0.29) is 18.8 Å². The van der Waals surface area contributed by atoms with Crippen molar-refractivity contribution < 1.29 is 19.1 Å². The second-order valence-corrected chi connectivity index (χ2v) is 2.13. The maximum atomic E-state index is 10.9. The van der Waals surface area contributed by atoms with Crippen molar-refractivity contribution in [1.82, 2.24) is 5.32 Å². The van der Waals surface area contributed by atoms with Crippen LogP contribution in [0.25, 0.3) is 0 Å². The first kappa shape index (κ1) is 11.5. The predicted octanol–water partition coefficient (Wildman–Crippen LogP) is -0.174. The first-order chi connectivity index (χ1) is 6.11. The first-order valence-corrected chi connectivity index (χ1v) is 3.78. The van der Waals surface area contributed by atoms with Gasteiger partial charge in [0, 0.05) is 0 Å². The molecule has 0 saturated heterocycles. The van der Waals surface area contributed by atoms with Gasteiger partial charge in [0.05, 0.1) is 13.7 Å². The summed E-state index contributed by atoms with van der Waals surface area (Å²) in [4.78, 5) is 21.5. The second-order valence-electron chi connectivity index (χ2n) is 2.13. The lowest BCUT2D eigenvalue weighted by Gasteiger charge is -2.06. The third kappa shape index (κ3) is 4.84. The SMILES string of the molecule is C=C(NCC(=O)OC)C(=O)OCC. The Kier molecular flexibility index (Phi) is 5.34. The highest BCUT2D eigenvalue weighted by Crippen LogP contribution is 1.89. The summed E-state index contributed by atoms with van der Waals surface area (Å²) < 4.78 is 8.96. The van der Waals surface area contributed by atoms with Crippen LogP contribution in [0.4, 0.5) is 0 Å². The number of rotatable bonds is 5. The number of carbonyl (C=O) groups is 2. The van der Waals surface area contributed by atoms with Crippen molar-refractivity contribution in [3.05, 3.63) is 12.3 Å². The molecule has 5 nitrogen and oxygen atoms in total. The van der Waals surface area contributed by atoms with Crippen LogP contribution in [0.1, 0.15) is 6.92 Å². The molecule has 0 amide bonds. The Morgan fingerprint density at radius 1 is 1.46 bits per heavy atom. The van der Waals surface area contributed by atoms with Crippen LogP contribution in [0.5, 0.6) is 0 Å². The number of ether oxygens (including phenoxy) is 2. The molecule has 5 heteroatoms. The standard InChI is InChI=1S/C8H13NO4/c1-4-13-8(11)6(2)9-5-7(10)12-3/h9H,2,4-5H2,1,3H3. The van der Waals surface area contributed by atoms with Crippen LogP contribution in [0, 0.1) is 0 Å². The van der Waals surface area contributed by atoms with Gasteiger partial charge < -0.3 is 14.8 Å². The van der Waals surface area contributed by atoms with Crippen molar-refractivity contribution in [2.75, 3.05) is 20.3 Å². The summed E-state index contributed by atoms with van der Waals surface area (Å²) in [6.45, 7) is 5.26. The van der Waals surface area contributed by atoms with Crippen LogP contribution in [0.15, 0.2) is 12.3 Å². The fourth-order valence-corrected chi connectivity index (χ4v) is 0.541. The Labute approximate surface area is 76.7 Å². The highest BCUT2D eigenvalue weighted by atomic mass is 16.5. The zero-order valence-corrected chi connectivity index (χ0v) is 7.75. The smallest absolute Gasteiger partial charge is 0.353 e. The van der Waals surface area contributed by atoms with Gasteiger partial charge in [-0.1, -0.05) is 6.58 Å². The molecule has 0 aliphatic carbocycles. The highest BCUT2D eigenvalue weighted by Gasteiger charge is 2.08. The number of hydrogen-bond donors (Lipinski definition) is 1. The summed E-state index contributed by atoms with van der Waals surface area (Å²) in [6, 6.07) is 0. The number of hydrogen-bond acceptors (Lipinski definition) is 5.